The molecule has 2 aliphatic heterocycles. The van der Waals surface area contributed by atoms with Crippen molar-refractivity contribution in [1.82, 2.24) is 15.2 Å². The predicted molar refractivity (Wildman–Crippen MR) is 98.8 cm³/mol. The molecule has 134 valence electrons. The summed E-state index contributed by atoms with van der Waals surface area (Å²) in [6, 6.07) is 11.5. The number of pyridine rings is 1. The number of hydrogen-bond acceptors (Lipinski definition) is 3. The third kappa shape index (κ3) is 2.98. The lowest BCUT2D eigenvalue weighted by Gasteiger charge is -2.39. The Kier molecular flexibility index (Phi) is 4.23. The fourth-order valence-electron chi connectivity index (χ4n) is 4.18. The van der Waals surface area contributed by atoms with E-state index in [1.807, 2.05) is 48.2 Å². The Morgan fingerprint density at radius 2 is 1.96 bits per heavy atom. The number of carbonyl (C=O) groups is 2. The van der Waals surface area contributed by atoms with E-state index in [-0.39, 0.29) is 23.3 Å². The summed E-state index contributed by atoms with van der Waals surface area (Å²) in [7, 11) is 0. The number of aromatic nitrogens is 1. The summed E-state index contributed by atoms with van der Waals surface area (Å²) in [5.41, 5.74) is 2.55. The number of hydrogen-bond donors (Lipinski definition) is 1. The molecule has 1 spiro atoms. The number of piperidine rings is 1. The zero-order valence-corrected chi connectivity index (χ0v) is 14.9. The van der Waals surface area contributed by atoms with Gasteiger partial charge < -0.3 is 10.2 Å². The van der Waals surface area contributed by atoms with E-state index in [0.29, 0.717) is 13.1 Å². The highest BCUT2D eigenvalue weighted by Crippen LogP contribution is 2.39. The summed E-state index contributed by atoms with van der Waals surface area (Å²) < 4.78 is 0. The van der Waals surface area contributed by atoms with Gasteiger partial charge in [-0.25, -0.2) is 0 Å². The fraction of sp³-hybridized carbons (Fsp3) is 0.381. The number of nitrogens with one attached hydrogen (secondary N) is 1. The maximum Gasteiger partial charge on any atom is 0.254 e. The van der Waals surface area contributed by atoms with Gasteiger partial charge in [-0.15, -0.1) is 0 Å². The Balaban J connectivity index is 1.45. The molecule has 2 amide bonds. The third-order valence-corrected chi connectivity index (χ3v) is 5.77. The normalized spacial score (nSPS) is 21.7. The number of nitrogens with zero attached hydrogens (tertiary/aromatic N) is 2. The van der Waals surface area contributed by atoms with Crippen LogP contribution in [0.3, 0.4) is 0 Å². The SMILES string of the molecule is Cc1ccccc1C(=O)N1CCC2(CC1)C[C@H](c1cccnc1)C(=O)N2. The summed E-state index contributed by atoms with van der Waals surface area (Å²) in [6.45, 7) is 3.31. The van der Waals surface area contributed by atoms with Crippen molar-refractivity contribution < 1.29 is 9.59 Å². The molecule has 2 fully saturated rings. The predicted octanol–water partition coefficient (Wildman–Crippen LogP) is 2.67. The highest BCUT2D eigenvalue weighted by atomic mass is 16.2. The highest BCUT2D eigenvalue weighted by molar-refractivity contribution is 5.95. The van der Waals surface area contributed by atoms with E-state index in [2.05, 4.69) is 10.3 Å². The standard InChI is InChI=1S/C21H23N3O2/c1-15-5-2-3-7-17(15)20(26)24-11-8-21(9-12-24)13-18(19(25)23-21)16-6-4-10-22-14-16/h2-7,10,14,18H,8-9,11-13H2,1H3,(H,23,25)/t18-/m1/s1. The van der Waals surface area contributed by atoms with Gasteiger partial charge in [0.15, 0.2) is 0 Å². The van der Waals surface area contributed by atoms with Gasteiger partial charge in [0.25, 0.3) is 5.91 Å². The Morgan fingerprint density at radius 3 is 2.65 bits per heavy atom. The smallest absolute Gasteiger partial charge is 0.254 e. The third-order valence-electron chi connectivity index (χ3n) is 5.77. The second-order valence-corrected chi connectivity index (χ2v) is 7.42. The van der Waals surface area contributed by atoms with Crippen molar-refractivity contribution >= 4 is 11.8 Å². The van der Waals surface area contributed by atoms with Crippen LogP contribution in [0, 0.1) is 6.92 Å². The Labute approximate surface area is 153 Å². The van der Waals surface area contributed by atoms with E-state index in [9.17, 15) is 9.59 Å². The van der Waals surface area contributed by atoms with Gasteiger partial charge >= 0.3 is 0 Å². The molecule has 0 unspecified atom stereocenters. The monoisotopic (exact) mass is 349 g/mol. The van der Waals surface area contributed by atoms with Crippen LogP contribution in [0.4, 0.5) is 0 Å². The van der Waals surface area contributed by atoms with Crippen molar-refractivity contribution in [3.8, 4) is 0 Å². The average molecular weight is 349 g/mol. The van der Waals surface area contributed by atoms with Crippen LogP contribution in [0.1, 0.15) is 46.7 Å². The van der Waals surface area contributed by atoms with Gasteiger partial charge in [-0.1, -0.05) is 24.3 Å². The molecule has 0 bridgehead atoms. The van der Waals surface area contributed by atoms with Crippen molar-refractivity contribution in [3.63, 3.8) is 0 Å². The quantitative estimate of drug-likeness (QED) is 0.907. The fourth-order valence-corrected chi connectivity index (χ4v) is 4.18. The zero-order valence-electron chi connectivity index (χ0n) is 14.9. The number of carbonyl (C=O) groups excluding carboxylic acids is 2. The first-order valence-electron chi connectivity index (χ1n) is 9.15. The average Bonchev–Trinajstić information content (AvgIpc) is 2.99. The molecule has 1 aromatic heterocycles. The minimum atomic E-state index is -0.194. The Bertz CT molecular complexity index is 826. The van der Waals surface area contributed by atoms with Crippen molar-refractivity contribution in [3.05, 3.63) is 65.5 Å². The van der Waals surface area contributed by atoms with Gasteiger partial charge in [0, 0.05) is 36.6 Å². The molecule has 2 aliphatic rings. The molecule has 3 heterocycles. The van der Waals surface area contributed by atoms with Crippen LogP contribution in [0.15, 0.2) is 48.8 Å². The first-order valence-corrected chi connectivity index (χ1v) is 9.15. The lowest BCUT2D eigenvalue weighted by Crippen LogP contribution is -2.52. The van der Waals surface area contributed by atoms with Crippen molar-refractivity contribution in [2.75, 3.05) is 13.1 Å². The van der Waals surface area contributed by atoms with Crippen LogP contribution in [0.5, 0.6) is 0 Å². The lowest BCUT2D eigenvalue weighted by atomic mass is 9.82. The molecule has 0 radical (unpaired) electrons. The van der Waals surface area contributed by atoms with Gasteiger partial charge in [-0.3, -0.25) is 14.6 Å². The Morgan fingerprint density at radius 1 is 1.19 bits per heavy atom. The molecular weight excluding hydrogens is 326 g/mol. The van der Waals surface area contributed by atoms with Crippen molar-refractivity contribution in [2.45, 2.75) is 37.6 Å². The van der Waals surface area contributed by atoms with E-state index in [1.165, 1.54) is 0 Å². The van der Waals surface area contributed by atoms with Crippen LogP contribution in [0.2, 0.25) is 0 Å². The molecule has 26 heavy (non-hydrogen) atoms. The molecule has 2 saturated heterocycles. The molecule has 1 N–H and O–H groups in total. The molecule has 4 rings (SSSR count). The van der Waals surface area contributed by atoms with Crippen molar-refractivity contribution in [1.29, 1.82) is 0 Å². The van der Waals surface area contributed by atoms with E-state index in [4.69, 9.17) is 0 Å². The largest absolute Gasteiger partial charge is 0.350 e. The summed E-state index contributed by atoms with van der Waals surface area (Å²) in [6.07, 6.45) is 5.88. The van der Waals surface area contributed by atoms with Crippen LogP contribution in [-0.4, -0.2) is 40.3 Å². The van der Waals surface area contributed by atoms with E-state index in [0.717, 1.165) is 36.0 Å². The maximum absolute atomic E-state index is 12.8. The zero-order chi connectivity index (χ0) is 18.1. The summed E-state index contributed by atoms with van der Waals surface area (Å²) in [5, 5.41) is 3.22. The van der Waals surface area contributed by atoms with Gasteiger partial charge in [0.05, 0.1) is 5.92 Å². The first kappa shape index (κ1) is 16.8. The summed E-state index contributed by atoms with van der Waals surface area (Å²) in [4.78, 5) is 31.4. The number of aryl methyl sites for hydroxylation is 1. The van der Waals surface area contributed by atoms with E-state index in [1.54, 1.807) is 12.4 Å². The van der Waals surface area contributed by atoms with Crippen LogP contribution in [0.25, 0.3) is 0 Å². The number of benzene rings is 1. The van der Waals surface area contributed by atoms with Gasteiger partial charge in [0.1, 0.15) is 0 Å². The summed E-state index contributed by atoms with van der Waals surface area (Å²) >= 11 is 0. The molecule has 0 aliphatic carbocycles. The minimum absolute atomic E-state index is 0.0803. The number of amides is 2. The Hall–Kier alpha value is -2.69. The van der Waals surface area contributed by atoms with Gasteiger partial charge in [-0.05, 0) is 49.4 Å². The van der Waals surface area contributed by atoms with Gasteiger partial charge in [-0.2, -0.15) is 0 Å². The highest BCUT2D eigenvalue weighted by Gasteiger charge is 2.46. The summed E-state index contributed by atoms with van der Waals surface area (Å²) in [5.74, 6) is 0.0325. The second-order valence-electron chi connectivity index (χ2n) is 7.42. The molecular formula is C21H23N3O2. The lowest BCUT2D eigenvalue weighted by molar-refractivity contribution is -0.121. The maximum atomic E-state index is 12.8. The molecule has 5 nitrogen and oxygen atoms in total. The van der Waals surface area contributed by atoms with E-state index >= 15 is 0 Å². The molecule has 1 atom stereocenters. The molecule has 0 saturated carbocycles. The molecule has 1 aromatic carbocycles. The molecule has 2 aromatic rings. The van der Waals surface area contributed by atoms with Crippen molar-refractivity contribution in [2.24, 2.45) is 0 Å². The van der Waals surface area contributed by atoms with Crippen LogP contribution < -0.4 is 5.32 Å². The van der Waals surface area contributed by atoms with E-state index < -0.39 is 0 Å². The number of rotatable bonds is 2. The first-order chi connectivity index (χ1) is 12.6. The van der Waals surface area contributed by atoms with Gasteiger partial charge in [0.2, 0.25) is 5.91 Å². The second kappa shape index (κ2) is 6.56. The van der Waals surface area contributed by atoms with Crippen LogP contribution in [-0.2, 0) is 4.79 Å². The molecule has 5 heteroatoms. The van der Waals surface area contributed by atoms with Crippen LogP contribution >= 0.6 is 0 Å². The minimum Gasteiger partial charge on any atom is -0.350 e. The number of likely N-dealkylation sites (tertiary alicyclic amines) is 1. The topological polar surface area (TPSA) is 62.3 Å².